The number of piperidine rings is 1. The van der Waals surface area contributed by atoms with E-state index in [0.29, 0.717) is 6.04 Å². The molecule has 1 aromatic rings. The van der Waals surface area contributed by atoms with Gasteiger partial charge in [-0.3, -0.25) is 0 Å². The van der Waals surface area contributed by atoms with Crippen molar-refractivity contribution in [2.24, 2.45) is 0 Å². The number of aromatic nitrogens is 2. The van der Waals surface area contributed by atoms with Gasteiger partial charge in [-0.05, 0) is 44.9 Å². The molecule has 0 bridgehead atoms. The van der Waals surface area contributed by atoms with Crippen LogP contribution >= 0.6 is 11.6 Å². The van der Waals surface area contributed by atoms with Crippen LogP contribution < -0.4 is 4.90 Å². The second kappa shape index (κ2) is 5.43. The highest BCUT2D eigenvalue weighted by atomic mass is 35.5. The van der Waals surface area contributed by atoms with Gasteiger partial charge in [0, 0.05) is 29.7 Å². The molecule has 1 atom stereocenters. The Labute approximate surface area is 114 Å². The highest BCUT2D eigenvalue weighted by molar-refractivity contribution is 6.17. The molecular weight excluding hydrogens is 246 g/mol. The molecule has 0 aromatic carbocycles. The number of nitrogens with zero attached hydrogens (tertiary/aromatic N) is 3. The van der Waals surface area contributed by atoms with Gasteiger partial charge in [-0.1, -0.05) is 0 Å². The molecule has 0 amide bonds. The van der Waals surface area contributed by atoms with Crippen LogP contribution in [-0.4, -0.2) is 28.4 Å². The van der Waals surface area contributed by atoms with E-state index in [-0.39, 0.29) is 0 Å². The molecule has 0 N–H and O–H groups in total. The molecule has 18 heavy (non-hydrogen) atoms. The summed E-state index contributed by atoms with van der Waals surface area (Å²) in [5.74, 6) is 1.95. The van der Waals surface area contributed by atoms with Gasteiger partial charge in [-0.2, -0.15) is 0 Å². The maximum Gasteiger partial charge on any atom is 0.135 e. The van der Waals surface area contributed by atoms with Crippen molar-refractivity contribution in [2.45, 2.75) is 51.0 Å². The van der Waals surface area contributed by atoms with Crippen molar-refractivity contribution in [3.8, 4) is 0 Å². The highest BCUT2D eigenvalue weighted by Crippen LogP contribution is 2.32. The Kier molecular flexibility index (Phi) is 3.69. The van der Waals surface area contributed by atoms with Crippen LogP contribution in [-0.2, 0) is 12.8 Å². The third-order valence-electron chi connectivity index (χ3n) is 4.19. The fourth-order valence-electron chi connectivity index (χ4n) is 3.30. The monoisotopic (exact) mass is 265 g/mol. The number of rotatable bonds is 3. The molecule has 3 rings (SSSR count). The van der Waals surface area contributed by atoms with E-state index < -0.39 is 0 Å². The quantitative estimate of drug-likeness (QED) is 0.787. The van der Waals surface area contributed by atoms with Crippen LogP contribution in [0.2, 0.25) is 0 Å². The number of aryl methyl sites for hydroxylation is 1. The molecule has 0 spiro atoms. The SMILES string of the molecule is ClCCC1CCCCN1c1ncnc2c1CCC2. The van der Waals surface area contributed by atoms with E-state index in [4.69, 9.17) is 11.6 Å². The summed E-state index contributed by atoms with van der Waals surface area (Å²) in [6, 6.07) is 0.579. The zero-order chi connectivity index (χ0) is 12.4. The second-order valence-electron chi connectivity index (χ2n) is 5.30. The minimum absolute atomic E-state index is 0.579. The Morgan fingerprint density at radius 3 is 3.06 bits per heavy atom. The number of halogens is 1. The van der Waals surface area contributed by atoms with Gasteiger partial charge in [-0.15, -0.1) is 11.6 Å². The van der Waals surface area contributed by atoms with E-state index in [1.165, 1.54) is 42.8 Å². The van der Waals surface area contributed by atoms with E-state index in [0.717, 1.165) is 31.7 Å². The summed E-state index contributed by atoms with van der Waals surface area (Å²) in [5, 5.41) is 0. The number of anilines is 1. The third-order valence-corrected chi connectivity index (χ3v) is 4.41. The average molecular weight is 266 g/mol. The van der Waals surface area contributed by atoms with E-state index in [2.05, 4.69) is 14.9 Å². The predicted octanol–water partition coefficient (Wildman–Crippen LogP) is 2.95. The molecule has 2 heterocycles. The lowest BCUT2D eigenvalue weighted by molar-refractivity contribution is 0.447. The fraction of sp³-hybridized carbons (Fsp3) is 0.714. The first-order valence-corrected chi connectivity index (χ1v) is 7.59. The van der Waals surface area contributed by atoms with Crippen molar-refractivity contribution in [3.63, 3.8) is 0 Å². The second-order valence-corrected chi connectivity index (χ2v) is 5.67. The minimum Gasteiger partial charge on any atom is -0.353 e. The molecular formula is C14H20ClN3. The minimum atomic E-state index is 0.579. The van der Waals surface area contributed by atoms with Gasteiger partial charge in [0.2, 0.25) is 0 Å². The Balaban J connectivity index is 1.90. The molecule has 1 aliphatic carbocycles. The number of hydrogen-bond donors (Lipinski definition) is 0. The lowest BCUT2D eigenvalue weighted by Gasteiger charge is -2.37. The van der Waals surface area contributed by atoms with E-state index >= 15 is 0 Å². The van der Waals surface area contributed by atoms with Gasteiger partial charge in [0.15, 0.2) is 0 Å². The Morgan fingerprint density at radius 1 is 1.22 bits per heavy atom. The molecule has 3 nitrogen and oxygen atoms in total. The van der Waals surface area contributed by atoms with Gasteiger partial charge >= 0.3 is 0 Å². The van der Waals surface area contributed by atoms with Crippen molar-refractivity contribution in [1.82, 2.24) is 9.97 Å². The summed E-state index contributed by atoms with van der Waals surface area (Å²) in [4.78, 5) is 11.5. The van der Waals surface area contributed by atoms with Crippen LogP contribution in [0.5, 0.6) is 0 Å². The lowest BCUT2D eigenvalue weighted by Crippen LogP contribution is -2.41. The maximum absolute atomic E-state index is 5.95. The predicted molar refractivity (Wildman–Crippen MR) is 74.4 cm³/mol. The standard InChI is InChI=1S/C14H20ClN3/c15-8-7-11-4-1-2-9-18(11)14-12-5-3-6-13(12)16-10-17-14/h10-11H,1-9H2. The van der Waals surface area contributed by atoms with E-state index in [1.54, 1.807) is 6.33 Å². The molecule has 1 aromatic heterocycles. The molecule has 1 fully saturated rings. The van der Waals surface area contributed by atoms with Crippen molar-refractivity contribution >= 4 is 17.4 Å². The molecule has 0 saturated carbocycles. The number of alkyl halides is 1. The maximum atomic E-state index is 5.95. The zero-order valence-electron chi connectivity index (χ0n) is 10.7. The first kappa shape index (κ1) is 12.2. The topological polar surface area (TPSA) is 29.0 Å². The van der Waals surface area contributed by atoms with Crippen molar-refractivity contribution in [3.05, 3.63) is 17.6 Å². The summed E-state index contributed by atoms with van der Waals surface area (Å²) in [7, 11) is 0. The number of fused-ring (bicyclic) bond motifs is 1. The van der Waals surface area contributed by atoms with E-state index in [1.807, 2.05) is 0 Å². The molecule has 4 heteroatoms. The van der Waals surface area contributed by atoms with Crippen molar-refractivity contribution in [1.29, 1.82) is 0 Å². The first-order chi connectivity index (χ1) is 8.90. The third kappa shape index (κ3) is 2.20. The molecule has 1 unspecified atom stereocenters. The summed E-state index contributed by atoms with van der Waals surface area (Å²) in [6.45, 7) is 1.13. The van der Waals surface area contributed by atoms with Gasteiger partial charge in [0.05, 0.1) is 0 Å². The molecule has 1 saturated heterocycles. The summed E-state index contributed by atoms with van der Waals surface area (Å²) in [5.41, 5.74) is 2.68. The normalized spacial score (nSPS) is 23.2. The Hall–Kier alpha value is -0.830. The lowest BCUT2D eigenvalue weighted by atomic mass is 9.99. The number of hydrogen-bond acceptors (Lipinski definition) is 3. The smallest absolute Gasteiger partial charge is 0.135 e. The first-order valence-electron chi connectivity index (χ1n) is 7.05. The average Bonchev–Trinajstić information content (AvgIpc) is 2.88. The molecule has 2 aliphatic rings. The van der Waals surface area contributed by atoms with Crippen LogP contribution in [0.3, 0.4) is 0 Å². The van der Waals surface area contributed by atoms with Crippen LogP contribution in [0.4, 0.5) is 5.82 Å². The van der Waals surface area contributed by atoms with Gasteiger partial charge < -0.3 is 4.90 Å². The molecule has 1 aliphatic heterocycles. The van der Waals surface area contributed by atoms with E-state index in [9.17, 15) is 0 Å². The Bertz CT molecular complexity index is 420. The molecule has 0 radical (unpaired) electrons. The van der Waals surface area contributed by atoms with Crippen molar-refractivity contribution in [2.75, 3.05) is 17.3 Å². The Morgan fingerprint density at radius 2 is 2.17 bits per heavy atom. The van der Waals surface area contributed by atoms with Crippen LogP contribution in [0.25, 0.3) is 0 Å². The molecule has 98 valence electrons. The zero-order valence-corrected chi connectivity index (χ0v) is 11.5. The summed E-state index contributed by atoms with van der Waals surface area (Å²) < 4.78 is 0. The highest BCUT2D eigenvalue weighted by Gasteiger charge is 2.27. The largest absolute Gasteiger partial charge is 0.353 e. The van der Waals surface area contributed by atoms with Crippen molar-refractivity contribution < 1.29 is 0 Å². The van der Waals surface area contributed by atoms with Gasteiger partial charge in [0.25, 0.3) is 0 Å². The summed E-state index contributed by atoms with van der Waals surface area (Å²) in [6.07, 6.45) is 10.2. The van der Waals surface area contributed by atoms with Gasteiger partial charge in [0.1, 0.15) is 12.1 Å². The fourth-order valence-corrected chi connectivity index (χ4v) is 3.55. The van der Waals surface area contributed by atoms with Crippen LogP contribution in [0, 0.1) is 0 Å². The van der Waals surface area contributed by atoms with Crippen LogP contribution in [0.15, 0.2) is 6.33 Å². The summed E-state index contributed by atoms with van der Waals surface area (Å²) >= 11 is 5.95. The van der Waals surface area contributed by atoms with Gasteiger partial charge in [-0.25, -0.2) is 9.97 Å². The van der Waals surface area contributed by atoms with Crippen LogP contribution in [0.1, 0.15) is 43.4 Å².